The molecule has 0 aliphatic rings. The van der Waals surface area contributed by atoms with Crippen LogP contribution < -0.4 is 5.32 Å². The number of furan rings is 1. The molecule has 1 aromatic carbocycles. The molecule has 0 saturated carbocycles. The average molecular weight is 290 g/mol. The maximum atomic E-state index is 5.92. The number of para-hydroxylation sites is 1. The predicted octanol–water partition coefficient (Wildman–Crippen LogP) is 3.71. The number of nitrogens with zero attached hydrogens (tertiary/aromatic N) is 1. The van der Waals surface area contributed by atoms with E-state index in [1.807, 2.05) is 19.2 Å². The number of benzene rings is 1. The summed E-state index contributed by atoms with van der Waals surface area (Å²) in [6.07, 6.45) is 1.97. The number of nitrogens with one attached hydrogen (secondary N) is 1. The molecule has 1 N–H and O–H groups in total. The van der Waals surface area contributed by atoms with Gasteiger partial charge in [0, 0.05) is 37.5 Å². The van der Waals surface area contributed by atoms with Crippen molar-refractivity contribution in [2.45, 2.75) is 33.2 Å². The summed E-state index contributed by atoms with van der Waals surface area (Å²) < 4.78 is 5.92. The van der Waals surface area contributed by atoms with E-state index < -0.39 is 0 Å². The molecule has 0 amide bonds. The first-order valence-corrected chi connectivity index (χ1v) is 7.56. The Morgan fingerprint density at radius 3 is 2.75 bits per heavy atom. The summed E-state index contributed by atoms with van der Waals surface area (Å²) in [4.78, 5) is 2.07. The van der Waals surface area contributed by atoms with Gasteiger partial charge in [-0.2, -0.15) is 0 Å². The zero-order chi connectivity index (χ0) is 14.5. The van der Waals surface area contributed by atoms with Crippen molar-refractivity contribution in [1.82, 2.24) is 10.2 Å². The van der Waals surface area contributed by atoms with Gasteiger partial charge in [-0.3, -0.25) is 0 Å². The lowest BCUT2D eigenvalue weighted by molar-refractivity contribution is 0.473. The summed E-state index contributed by atoms with van der Waals surface area (Å²) >= 11 is 5.40. The van der Waals surface area contributed by atoms with Gasteiger partial charge >= 0.3 is 0 Å². The Balaban J connectivity index is 2.22. The minimum atomic E-state index is 0.774. The Bertz CT molecular complexity index is 591. The molecule has 0 radical (unpaired) electrons. The first-order chi connectivity index (χ1) is 9.67. The molecule has 2 rings (SSSR count). The molecule has 20 heavy (non-hydrogen) atoms. The monoisotopic (exact) mass is 290 g/mol. The molecule has 0 saturated heterocycles. The second kappa shape index (κ2) is 6.75. The Hall–Kier alpha value is -1.55. The second-order valence-corrected chi connectivity index (χ2v) is 5.33. The molecule has 0 aliphatic carbocycles. The zero-order valence-corrected chi connectivity index (χ0v) is 13.2. The Kier molecular flexibility index (Phi) is 5.01. The molecule has 1 aromatic heterocycles. The van der Waals surface area contributed by atoms with Crippen molar-refractivity contribution in [1.29, 1.82) is 0 Å². The van der Waals surface area contributed by atoms with E-state index in [-0.39, 0.29) is 0 Å². The van der Waals surface area contributed by atoms with Gasteiger partial charge in [-0.05, 0) is 24.7 Å². The molecule has 0 unspecified atom stereocenters. The number of hydrogen-bond donors (Lipinski definition) is 1. The normalized spacial score (nSPS) is 10.8. The maximum absolute atomic E-state index is 5.92. The maximum Gasteiger partial charge on any atom is 0.168 e. The van der Waals surface area contributed by atoms with Crippen LogP contribution in [-0.2, 0) is 13.0 Å². The van der Waals surface area contributed by atoms with Crippen molar-refractivity contribution < 1.29 is 4.42 Å². The summed E-state index contributed by atoms with van der Waals surface area (Å²) in [6, 6.07) is 8.19. The van der Waals surface area contributed by atoms with Crippen molar-refractivity contribution in [3.63, 3.8) is 0 Å². The molecule has 0 atom stereocenters. The van der Waals surface area contributed by atoms with Crippen LogP contribution in [0.1, 0.15) is 31.6 Å². The van der Waals surface area contributed by atoms with Crippen LogP contribution in [0, 0.1) is 0 Å². The highest BCUT2D eigenvalue weighted by Gasteiger charge is 2.15. The third-order valence-electron chi connectivity index (χ3n) is 3.37. The van der Waals surface area contributed by atoms with Gasteiger partial charge in [0.15, 0.2) is 5.11 Å². The molecule has 0 aliphatic heterocycles. The molecule has 4 heteroatoms. The van der Waals surface area contributed by atoms with Crippen LogP contribution >= 0.6 is 12.2 Å². The van der Waals surface area contributed by atoms with E-state index in [4.69, 9.17) is 16.6 Å². The van der Waals surface area contributed by atoms with Gasteiger partial charge in [0.1, 0.15) is 11.3 Å². The van der Waals surface area contributed by atoms with Gasteiger partial charge in [-0.1, -0.05) is 32.0 Å². The van der Waals surface area contributed by atoms with Crippen LogP contribution in [0.25, 0.3) is 11.0 Å². The van der Waals surface area contributed by atoms with Crippen LogP contribution in [0.15, 0.2) is 28.7 Å². The van der Waals surface area contributed by atoms with Gasteiger partial charge in [0.05, 0.1) is 0 Å². The fourth-order valence-electron chi connectivity index (χ4n) is 2.28. The van der Waals surface area contributed by atoms with Gasteiger partial charge in [-0.15, -0.1) is 0 Å². The molecular weight excluding hydrogens is 268 g/mol. The van der Waals surface area contributed by atoms with Gasteiger partial charge < -0.3 is 14.6 Å². The first-order valence-electron chi connectivity index (χ1n) is 7.15. The largest absolute Gasteiger partial charge is 0.461 e. The molecule has 1 heterocycles. The Labute approximate surface area is 125 Å². The Morgan fingerprint density at radius 2 is 2.05 bits per heavy atom. The topological polar surface area (TPSA) is 28.4 Å². The number of hydrogen-bond acceptors (Lipinski definition) is 2. The van der Waals surface area contributed by atoms with Crippen LogP contribution in [0.5, 0.6) is 0 Å². The van der Waals surface area contributed by atoms with E-state index in [2.05, 4.69) is 36.2 Å². The molecule has 2 aromatic rings. The minimum Gasteiger partial charge on any atom is -0.461 e. The molecule has 108 valence electrons. The molecule has 0 fully saturated rings. The number of rotatable bonds is 5. The SMILES string of the molecule is CCCNC(=S)N(C)Cc1c(CC)oc2ccccc12. The van der Waals surface area contributed by atoms with Crippen LogP contribution in [-0.4, -0.2) is 23.6 Å². The Morgan fingerprint density at radius 1 is 1.30 bits per heavy atom. The number of thiocarbonyl (C=S) groups is 1. The smallest absolute Gasteiger partial charge is 0.168 e. The average Bonchev–Trinajstić information content (AvgIpc) is 2.82. The lowest BCUT2D eigenvalue weighted by Gasteiger charge is -2.21. The van der Waals surface area contributed by atoms with Crippen molar-refractivity contribution in [2.75, 3.05) is 13.6 Å². The number of fused-ring (bicyclic) bond motifs is 1. The molecule has 0 bridgehead atoms. The summed E-state index contributed by atoms with van der Waals surface area (Å²) in [6.45, 7) is 5.94. The minimum absolute atomic E-state index is 0.774. The van der Waals surface area contributed by atoms with Crippen LogP contribution in [0.4, 0.5) is 0 Å². The zero-order valence-electron chi connectivity index (χ0n) is 12.4. The van der Waals surface area contributed by atoms with E-state index in [0.29, 0.717) is 0 Å². The van der Waals surface area contributed by atoms with Crippen molar-refractivity contribution in [3.05, 3.63) is 35.6 Å². The summed E-state index contributed by atoms with van der Waals surface area (Å²) in [5, 5.41) is 5.24. The van der Waals surface area contributed by atoms with E-state index >= 15 is 0 Å². The van der Waals surface area contributed by atoms with Crippen molar-refractivity contribution in [3.8, 4) is 0 Å². The third-order valence-corrected chi connectivity index (χ3v) is 3.83. The van der Waals surface area contributed by atoms with E-state index in [1.54, 1.807) is 0 Å². The molecule has 0 spiro atoms. The highest BCUT2D eigenvalue weighted by atomic mass is 32.1. The van der Waals surface area contributed by atoms with Crippen LogP contribution in [0.3, 0.4) is 0 Å². The van der Waals surface area contributed by atoms with Crippen molar-refractivity contribution >= 4 is 28.3 Å². The van der Waals surface area contributed by atoms with Crippen LogP contribution in [0.2, 0.25) is 0 Å². The second-order valence-electron chi connectivity index (χ2n) is 4.94. The van der Waals surface area contributed by atoms with E-state index in [0.717, 1.165) is 42.4 Å². The van der Waals surface area contributed by atoms with E-state index in [1.165, 1.54) is 10.9 Å². The first kappa shape index (κ1) is 14.9. The van der Waals surface area contributed by atoms with E-state index in [9.17, 15) is 0 Å². The van der Waals surface area contributed by atoms with Gasteiger partial charge in [-0.25, -0.2) is 0 Å². The fraction of sp³-hybridized carbons (Fsp3) is 0.438. The lowest BCUT2D eigenvalue weighted by atomic mass is 10.1. The summed E-state index contributed by atoms with van der Waals surface area (Å²) in [5.41, 5.74) is 2.20. The predicted molar refractivity (Wildman–Crippen MR) is 88.0 cm³/mol. The summed E-state index contributed by atoms with van der Waals surface area (Å²) in [5.74, 6) is 1.05. The lowest BCUT2D eigenvalue weighted by Crippen LogP contribution is -2.36. The fourth-order valence-corrected chi connectivity index (χ4v) is 2.45. The molecular formula is C16H22N2OS. The molecule has 3 nitrogen and oxygen atoms in total. The highest BCUT2D eigenvalue weighted by molar-refractivity contribution is 7.80. The van der Waals surface area contributed by atoms with Gasteiger partial charge in [0.25, 0.3) is 0 Å². The van der Waals surface area contributed by atoms with Crippen molar-refractivity contribution in [2.24, 2.45) is 0 Å². The highest BCUT2D eigenvalue weighted by Crippen LogP contribution is 2.27. The standard InChI is InChI=1S/C16H22N2OS/c1-4-10-17-16(20)18(3)11-13-12-8-6-7-9-15(12)19-14(13)5-2/h6-9H,4-5,10-11H2,1-3H3,(H,17,20). The summed E-state index contributed by atoms with van der Waals surface area (Å²) in [7, 11) is 2.02. The number of aryl methyl sites for hydroxylation is 1. The third kappa shape index (κ3) is 3.12. The quantitative estimate of drug-likeness (QED) is 0.850. The van der Waals surface area contributed by atoms with Gasteiger partial charge in [0.2, 0.25) is 0 Å².